The van der Waals surface area contributed by atoms with Crippen molar-refractivity contribution in [2.45, 2.75) is 58.2 Å². The zero-order chi connectivity index (χ0) is 18.0. The molecule has 1 fully saturated rings. The number of benzene rings is 1. The minimum Gasteiger partial charge on any atom is -0.468 e. The number of hydrogen-bond donors (Lipinski definition) is 0. The summed E-state index contributed by atoms with van der Waals surface area (Å²) in [5, 5.41) is 2.25. The fraction of sp³-hybridized carbons (Fsp3) is 0.550. The highest BCUT2D eigenvalue weighted by Crippen LogP contribution is 2.47. The van der Waals surface area contributed by atoms with Crippen LogP contribution in [0.1, 0.15) is 50.4 Å². The van der Waals surface area contributed by atoms with Gasteiger partial charge in [-0.2, -0.15) is 0 Å². The molecule has 1 aromatic heterocycles. The van der Waals surface area contributed by atoms with Gasteiger partial charge in [0.1, 0.15) is 0 Å². The summed E-state index contributed by atoms with van der Waals surface area (Å²) in [6.07, 6.45) is 5.02. The molecule has 0 spiro atoms. The van der Waals surface area contributed by atoms with Crippen LogP contribution in [0.3, 0.4) is 0 Å². The van der Waals surface area contributed by atoms with Crippen molar-refractivity contribution in [1.29, 1.82) is 0 Å². The van der Waals surface area contributed by atoms with Crippen molar-refractivity contribution in [3.8, 4) is 0 Å². The first kappa shape index (κ1) is 18.3. The second kappa shape index (κ2) is 7.79. The molecule has 0 aliphatic carbocycles. The third kappa shape index (κ3) is 3.30. The minimum absolute atomic E-state index is 0.431. The largest absolute Gasteiger partial charge is 0.468 e. The van der Waals surface area contributed by atoms with Crippen LogP contribution in [0.25, 0.3) is 10.9 Å². The van der Waals surface area contributed by atoms with Crippen LogP contribution in [0.2, 0.25) is 5.02 Å². The molecule has 0 N–H and O–H groups in total. The lowest BCUT2D eigenvalue weighted by Crippen LogP contribution is -2.34. The van der Waals surface area contributed by atoms with Gasteiger partial charge in [-0.25, -0.2) is 0 Å². The fourth-order valence-corrected chi connectivity index (χ4v) is 4.55. The zero-order valence-corrected chi connectivity index (χ0v) is 16.1. The van der Waals surface area contributed by atoms with Crippen molar-refractivity contribution >= 4 is 29.0 Å². The summed E-state index contributed by atoms with van der Waals surface area (Å²) in [7, 11) is 2.29. The van der Waals surface area contributed by atoms with Gasteiger partial charge in [0, 0.05) is 46.7 Å². The molecule has 0 saturated carbocycles. The van der Waals surface area contributed by atoms with Crippen LogP contribution in [0.5, 0.6) is 0 Å². The first-order valence-electron chi connectivity index (χ1n) is 9.20. The first-order valence-corrected chi connectivity index (χ1v) is 9.57. The van der Waals surface area contributed by atoms with E-state index in [1.54, 1.807) is 18.2 Å². The summed E-state index contributed by atoms with van der Waals surface area (Å²) < 4.78 is 6.71. The Bertz CT molecular complexity index is 756. The molecular formula is C20H27ClN2O2. The van der Waals surface area contributed by atoms with Crippen LogP contribution in [0.4, 0.5) is 0 Å². The lowest BCUT2D eigenvalue weighted by molar-refractivity contribution is -0.128. The Labute approximate surface area is 154 Å². The lowest BCUT2D eigenvalue weighted by atomic mass is 9.97. The smallest absolute Gasteiger partial charge is 0.293 e. The van der Waals surface area contributed by atoms with Crippen LogP contribution in [0, 0.1) is 0 Å². The number of halogens is 1. The van der Waals surface area contributed by atoms with E-state index in [1.165, 1.54) is 36.6 Å². The number of ether oxygens (including phenoxy) is 1. The minimum atomic E-state index is 0.431. The summed E-state index contributed by atoms with van der Waals surface area (Å²) >= 11 is 6.26. The number of likely N-dealkylation sites (N-methyl/N-ethyl adjacent to an activating group) is 1. The van der Waals surface area contributed by atoms with E-state index in [0.29, 0.717) is 19.1 Å². The number of hydrogen-bond acceptors (Lipinski definition) is 3. The molecule has 1 aromatic carbocycles. The molecule has 4 nitrogen and oxygen atoms in total. The number of carbonyl (C=O) groups excluding carboxylic acids is 1. The summed E-state index contributed by atoms with van der Waals surface area (Å²) in [4.78, 5) is 11.8. The fourth-order valence-electron chi connectivity index (χ4n) is 4.37. The molecule has 0 amide bonds. The van der Waals surface area contributed by atoms with Gasteiger partial charge in [-0.15, -0.1) is 0 Å². The average molecular weight is 363 g/mol. The number of aryl methyl sites for hydroxylation is 1. The van der Waals surface area contributed by atoms with E-state index in [9.17, 15) is 4.79 Å². The van der Waals surface area contributed by atoms with E-state index in [-0.39, 0.29) is 0 Å². The topological polar surface area (TPSA) is 34.5 Å². The Kier molecular flexibility index (Phi) is 5.70. The summed E-state index contributed by atoms with van der Waals surface area (Å²) in [6, 6.07) is 7.75. The molecule has 3 heterocycles. The summed E-state index contributed by atoms with van der Waals surface area (Å²) in [5.41, 5.74) is 4.52. The van der Waals surface area contributed by atoms with Crippen molar-refractivity contribution in [2.75, 3.05) is 13.7 Å². The molecular weight excluding hydrogens is 336 g/mol. The second-order valence-electron chi connectivity index (χ2n) is 6.84. The van der Waals surface area contributed by atoms with Gasteiger partial charge in [0.05, 0.1) is 6.61 Å². The van der Waals surface area contributed by atoms with Crippen molar-refractivity contribution in [2.24, 2.45) is 0 Å². The van der Waals surface area contributed by atoms with Crippen molar-refractivity contribution in [3.63, 3.8) is 0 Å². The van der Waals surface area contributed by atoms with Gasteiger partial charge in [0.15, 0.2) is 0 Å². The van der Waals surface area contributed by atoms with Crippen LogP contribution in [-0.2, 0) is 22.5 Å². The molecule has 2 aliphatic rings. The molecule has 2 atom stereocenters. The SMILES string of the molecule is CCCn1c2c(c3cc(Cl)ccc31)C1CCC(C2)N1C.CCOC=O. The molecule has 4 rings (SSSR count). The first-order chi connectivity index (χ1) is 12.1. The summed E-state index contributed by atoms with van der Waals surface area (Å²) in [5.74, 6) is 0. The molecule has 136 valence electrons. The van der Waals surface area contributed by atoms with Gasteiger partial charge in [-0.05, 0) is 57.0 Å². The Hall–Kier alpha value is -1.52. The van der Waals surface area contributed by atoms with Gasteiger partial charge in [-0.3, -0.25) is 9.69 Å². The molecule has 0 radical (unpaired) electrons. The van der Waals surface area contributed by atoms with E-state index in [4.69, 9.17) is 11.6 Å². The third-order valence-electron chi connectivity index (χ3n) is 5.46. The van der Waals surface area contributed by atoms with Gasteiger partial charge in [0.2, 0.25) is 0 Å². The highest BCUT2D eigenvalue weighted by Gasteiger charge is 2.40. The molecule has 1 saturated heterocycles. The molecule has 2 aliphatic heterocycles. The van der Waals surface area contributed by atoms with Crippen LogP contribution in [0.15, 0.2) is 18.2 Å². The Balaban J connectivity index is 0.000000324. The van der Waals surface area contributed by atoms with Gasteiger partial charge in [-0.1, -0.05) is 18.5 Å². The van der Waals surface area contributed by atoms with Crippen LogP contribution >= 0.6 is 11.6 Å². The number of carbonyl (C=O) groups is 1. The molecule has 25 heavy (non-hydrogen) atoms. The monoisotopic (exact) mass is 362 g/mol. The van der Waals surface area contributed by atoms with E-state index in [0.717, 1.165) is 17.6 Å². The predicted octanol–water partition coefficient (Wildman–Crippen LogP) is 4.58. The van der Waals surface area contributed by atoms with Gasteiger partial charge < -0.3 is 9.30 Å². The van der Waals surface area contributed by atoms with Gasteiger partial charge >= 0.3 is 0 Å². The molecule has 2 unspecified atom stereocenters. The lowest BCUT2D eigenvalue weighted by Gasteiger charge is -2.32. The number of rotatable bonds is 4. The molecule has 5 heteroatoms. The maximum atomic E-state index is 9.18. The van der Waals surface area contributed by atoms with Crippen molar-refractivity contribution in [3.05, 3.63) is 34.5 Å². The quantitative estimate of drug-likeness (QED) is 0.747. The Morgan fingerprint density at radius 2 is 2.12 bits per heavy atom. The number of fused-ring (bicyclic) bond motifs is 6. The highest BCUT2D eigenvalue weighted by atomic mass is 35.5. The van der Waals surface area contributed by atoms with E-state index in [1.807, 2.05) is 6.07 Å². The molecule has 2 aromatic rings. The van der Waals surface area contributed by atoms with E-state index < -0.39 is 0 Å². The van der Waals surface area contributed by atoms with E-state index in [2.05, 4.69) is 40.3 Å². The normalized spacial score (nSPS) is 21.6. The van der Waals surface area contributed by atoms with Crippen LogP contribution < -0.4 is 0 Å². The van der Waals surface area contributed by atoms with Crippen LogP contribution in [-0.4, -0.2) is 35.6 Å². The van der Waals surface area contributed by atoms with Crippen molar-refractivity contribution in [1.82, 2.24) is 9.47 Å². The van der Waals surface area contributed by atoms with Crippen molar-refractivity contribution < 1.29 is 9.53 Å². The number of nitrogens with zero attached hydrogens (tertiary/aromatic N) is 2. The standard InChI is InChI=1S/C17H21ClN2.C3H6O2/c1-3-8-20-14-6-4-11(18)9-13(14)17-15-7-5-12(19(15)2)10-16(17)20;1-2-5-3-4/h4,6,9,12,15H,3,5,7-8,10H2,1-2H3;3H,2H2,1H3. The van der Waals surface area contributed by atoms with E-state index >= 15 is 0 Å². The van der Waals surface area contributed by atoms with Gasteiger partial charge in [0.25, 0.3) is 6.47 Å². The Morgan fingerprint density at radius 3 is 2.76 bits per heavy atom. The molecule has 2 bridgehead atoms. The zero-order valence-electron chi connectivity index (χ0n) is 15.3. The highest BCUT2D eigenvalue weighted by molar-refractivity contribution is 6.31. The Morgan fingerprint density at radius 1 is 1.32 bits per heavy atom. The second-order valence-corrected chi connectivity index (χ2v) is 7.28. The number of aromatic nitrogens is 1. The third-order valence-corrected chi connectivity index (χ3v) is 5.70. The predicted molar refractivity (Wildman–Crippen MR) is 102 cm³/mol. The average Bonchev–Trinajstić information content (AvgIpc) is 3.01. The maximum Gasteiger partial charge on any atom is 0.293 e. The summed E-state index contributed by atoms with van der Waals surface area (Å²) in [6.45, 7) is 6.05. The maximum absolute atomic E-state index is 9.18.